The minimum Gasteiger partial charge on any atom is -0.443 e. The van der Waals surface area contributed by atoms with Crippen molar-refractivity contribution in [3.8, 4) is 39.4 Å². The Morgan fingerprint density at radius 3 is 2.21 bits per heavy atom. The molecule has 4 heterocycles. The van der Waals surface area contributed by atoms with Crippen molar-refractivity contribution in [1.29, 1.82) is 0 Å². The summed E-state index contributed by atoms with van der Waals surface area (Å²) in [5.41, 5.74) is 3.93. The zero-order chi connectivity index (χ0) is 43.8. The molecule has 6 aromatic carbocycles. The summed E-state index contributed by atoms with van der Waals surface area (Å²) in [4.78, 5) is 4.72. The lowest BCUT2D eigenvalue weighted by atomic mass is 9.74. The molecule has 7 heteroatoms. The van der Waals surface area contributed by atoms with Gasteiger partial charge in [0.15, 0.2) is 5.88 Å². The Morgan fingerprint density at radius 2 is 1.42 bits per heavy atom. The van der Waals surface area contributed by atoms with E-state index in [9.17, 15) is 0 Å². The maximum atomic E-state index is 8.96. The maximum Gasteiger partial charge on any atom is 0.409 e. The normalized spacial score (nSPS) is 15.3. The van der Waals surface area contributed by atoms with Crippen LogP contribution >= 0.6 is 0 Å². The predicted octanol–water partition coefficient (Wildman–Crippen LogP) is 9.50. The predicted molar refractivity (Wildman–Crippen MR) is 214 cm³/mol. The molecule has 250 valence electrons. The molecule has 0 amide bonds. The maximum absolute atomic E-state index is 8.96. The van der Waals surface area contributed by atoms with E-state index >= 15 is 0 Å². The van der Waals surface area contributed by atoms with Crippen LogP contribution in [0.3, 0.4) is 0 Å². The van der Waals surface area contributed by atoms with E-state index in [1.165, 1.54) is 0 Å². The minimum atomic E-state index is -0.565. The van der Waals surface area contributed by atoms with Crippen LogP contribution in [0.2, 0.25) is 0 Å². The van der Waals surface area contributed by atoms with Crippen LogP contribution < -0.4 is 14.5 Å². The first-order valence-corrected chi connectivity index (χ1v) is 16.9. The first-order chi connectivity index (χ1) is 30.4. The molecule has 0 unspecified atom stereocenters. The lowest BCUT2D eigenvalue weighted by molar-refractivity contribution is -0.571. The minimum absolute atomic E-state index is 0.129. The number of benzene rings is 6. The van der Waals surface area contributed by atoms with E-state index < -0.39 is 60.4 Å². The number of ether oxygens (including phenoxy) is 1. The SMILES string of the molecule is [2H]c1c([2H])c([2H])c(-c2cccc(-c3c([2H])c([2H])c([2H])c([2H])c3[2H])c2-[n+]2[c-]n(-c3cccc(OC4=CC=CB(n5c6ccccc6c6cccnc65)N4)c3)c3ccccc32)c([2H])c1[2H]. The molecule has 0 fully saturated rings. The zero-order valence-corrected chi connectivity index (χ0v) is 27.9. The average molecular weight is 692 g/mol. The molecule has 0 radical (unpaired) electrons. The largest absolute Gasteiger partial charge is 0.443 e. The van der Waals surface area contributed by atoms with Gasteiger partial charge in [0.1, 0.15) is 11.4 Å². The highest BCUT2D eigenvalue weighted by atomic mass is 16.5. The van der Waals surface area contributed by atoms with E-state index in [2.05, 4.69) is 34.2 Å². The fraction of sp³-hybridized carbons (Fsp3) is 0. The topological polar surface area (TPSA) is 47.9 Å². The Morgan fingerprint density at radius 1 is 0.717 bits per heavy atom. The zero-order valence-electron chi connectivity index (χ0n) is 37.9. The molecule has 0 bridgehead atoms. The molecule has 0 aliphatic carbocycles. The lowest BCUT2D eigenvalue weighted by Gasteiger charge is -2.21. The molecular weight excluding hydrogens is 649 g/mol. The average Bonchev–Trinajstić information content (AvgIpc) is 3.86. The molecular formula is C46H32BN5O. The summed E-state index contributed by atoms with van der Waals surface area (Å²) in [5, 5.41) is 5.63. The summed E-state index contributed by atoms with van der Waals surface area (Å²) in [7, 11) is 0. The van der Waals surface area contributed by atoms with Crippen LogP contribution in [0, 0.1) is 6.33 Å². The van der Waals surface area contributed by atoms with Gasteiger partial charge >= 0.3 is 6.98 Å². The molecule has 10 rings (SSSR count). The van der Waals surface area contributed by atoms with Crippen molar-refractivity contribution in [2.75, 3.05) is 0 Å². The molecule has 53 heavy (non-hydrogen) atoms. The van der Waals surface area contributed by atoms with Crippen LogP contribution in [0.4, 0.5) is 0 Å². The lowest BCUT2D eigenvalue weighted by Crippen LogP contribution is -2.42. The number of nitrogens with one attached hydrogen (secondary N) is 1. The van der Waals surface area contributed by atoms with Crippen molar-refractivity contribution in [1.82, 2.24) is 19.3 Å². The van der Waals surface area contributed by atoms with E-state index in [-0.39, 0.29) is 34.9 Å². The van der Waals surface area contributed by atoms with Gasteiger partial charge in [-0.05, 0) is 64.7 Å². The Labute approximate surface area is 321 Å². The number of hydrogen-bond donors (Lipinski definition) is 1. The first-order valence-electron chi connectivity index (χ1n) is 21.9. The van der Waals surface area contributed by atoms with Crippen molar-refractivity contribution < 1.29 is 23.0 Å². The van der Waals surface area contributed by atoms with Crippen molar-refractivity contribution in [2.24, 2.45) is 0 Å². The third-order valence-electron chi connectivity index (χ3n) is 9.24. The number of imidazole rings is 1. The van der Waals surface area contributed by atoms with E-state index in [1.54, 1.807) is 33.5 Å². The number of aromatic nitrogens is 4. The van der Waals surface area contributed by atoms with Gasteiger partial charge in [-0.15, -0.1) is 0 Å². The van der Waals surface area contributed by atoms with Gasteiger partial charge in [0.25, 0.3) is 6.33 Å². The number of pyridine rings is 1. The van der Waals surface area contributed by atoms with Crippen LogP contribution in [-0.4, -0.2) is 21.0 Å². The van der Waals surface area contributed by atoms with Gasteiger partial charge in [-0.2, -0.15) is 0 Å². The van der Waals surface area contributed by atoms with Gasteiger partial charge < -0.3 is 14.4 Å². The van der Waals surface area contributed by atoms with Gasteiger partial charge in [0.2, 0.25) is 0 Å². The molecule has 6 nitrogen and oxygen atoms in total. The van der Waals surface area contributed by atoms with Gasteiger partial charge in [0, 0.05) is 22.5 Å². The first kappa shape index (κ1) is 22.0. The standard InChI is InChI=1S/C46H32BN5O/c1-3-15-33(16-4-1)37-22-12-23-38(34-17-5-2-6-18-34)45(37)51-32-50(42-26-9-10-27-43(42)51)35-19-11-20-36(31-35)53-44-28-13-29-47(49-44)52-41-25-8-7-21-39(41)40-24-14-30-48-46(40)52/h1-31,49H/i1D,2D,3D,4D,5D,6D,15D,16D,17D,18D. The molecule has 3 aromatic heterocycles. The molecule has 1 N–H and O–H groups in total. The number of rotatable bonds is 7. The van der Waals surface area contributed by atoms with E-state index in [0.29, 0.717) is 28.4 Å². The summed E-state index contributed by atoms with van der Waals surface area (Å²) >= 11 is 0. The Balaban J connectivity index is 1.11. The van der Waals surface area contributed by atoms with Crippen LogP contribution in [0.15, 0.2) is 194 Å². The summed E-state index contributed by atoms with van der Waals surface area (Å²) in [6, 6.07) is 26.4. The smallest absolute Gasteiger partial charge is 0.409 e. The van der Waals surface area contributed by atoms with Gasteiger partial charge in [-0.25, -0.2) is 4.98 Å². The summed E-state index contributed by atoms with van der Waals surface area (Å²) in [6.07, 6.45) is 8.96. The molecule has 0 spiro atoms. The molecule has 0 saturated carbocycles. The Hall–Kier alpha value is -7.12. The quantitative estimate of drug-likeness (QED) is 0.103. The molecule has 0 atom stereocenters. The third-order valence-corrected chi connectivity index (χ3v) is 9.24. The molecule has 0 saturated heterocycles. The fourth-order valence-electron chi connectivity index (χ4n) is 7.00. The van der Waals surface area contributed by atoms with Crippen molar-refractivity contribution in [2.45, 2.75) is 0 Å². The van der Waals surface area contributed by atoms with E-state index in [4.69, 9.17) is 23.4 Å². The highest BCUT2D eigenvalue weighted by Crippen LogP contribution is 2.35. The van der Waals surface area contributed by atoms with Gasteiger partial charge in [0.05, 0.1) is 36.1 Å². The highest BCUT2D eigenvalue weighted by Gasteiger charge is 2.25. The van der Waals surface area contributed by atoms with Crippen LogP contribution in [0.5, 0.6) is 5.75 Å². The molecule has 9 aromatic rings. The number of hydrogen-bond acceptors (Lipinski definition) is 3. The van der Waals surface area contributed by atoms with Crippen molar-refractivity contribution in [3.05, 3.63) is 200 Å². The number of allylic oxidation sites excluding steroid dienone is 2. The fourth-order valence-corrected chi connectivity index (χ4v) is 7.00. The van der Waals surface area contributed by atoms with Gasteiger partial charge in [-0.3, -0.25) is 9.13 Å². The highest BCUT2D eigenvalue weighted by molar-refractivity contribution is 6.63. The Bertz CT molecular complexity index is 3260. The summed E-state index contributed by atoms with van der Waals surface area (Å²) < 4.78 is 98.5. The number of para-hydroxylation sites is 4. The van der Waals surface area contributed by atoms with E-state index in [0.717, 1.165) is 21.9 Å². The second-order valence-electron chi connectivity index (χ2n) is 12.3. The van der Waals surface area contributed by atoms with Crippen LogP contribution in [-0.2, 0) is 0 Å². The second-order valence-corrected chi connectivity index (χ2v) is 12.3. The summed E-state index contributed by atoms with van der Waals surface area (Å²) in [6.45, 7) is -0.313. The third kappa shape index (κ3) is 5.38. The van der Waals surface area contributed by atoms with Crippen molar-refractivity contribution in [3.63, 3.8) is 0 Å². The van der Waals surface area contributed by atoms with Crippen LogP contribution in [0.1, 0.15) is 13.7 Å². The van der Waals surface area contributed by atoms with Gasteiger partial charge in [-0.1, -0.05) is 139 Å². The number of nitrogens with zero attached hydrogens (tertiary/aromatic N) is 4. The Kier molecular flexibility index (Phi) is 5.34. The monoisotopic (exact) mass is 691 g/mol. The van der Waals surface area contributed by atoms with Crippen molar-refractivity contribution >= 4 is 40.0 Å². The van der Waals surface area contributed by atoms with Crippen LogP contribution in [0.25, 0.3) is 66.6 Å². The summed E-state index contributed by atoms with van der Waals surface area (Å²) in [5.74, 6) is 3.02. The second kappa shape index (κ2) is 12.9. The number of fused-ring (bicyclic) bond motifs is 4. The molecule has 1 aliphatic heterocycles. The van der Waals surface area contributed by atoms with E-state index in [1.807, 2.05) is 84.9 Å². The molecule has 1 aliphatic rings.